The van der Waals surface area contributed by atoms with Crippen molar-refractivity contribution in [3.63, 3.8) is 0 Å². The molecule has 276 valence electrons. The highest BCUT2D eigenvalue weighted by molar-refractivity contribution is 5.75. The summed E-state index contributed by atoms with van der Waals surface area (Å²) in [4.78, 5) is 46.9. The maximum Gasteiger partial charge on any atom is 0.406 e. The van der Waals surface area contributed by atoms with Gasteiger partial charge in [0.05, 0.1) is 29.9 Å². The summed E-state index contributed by atoms with van der Waals surface area (Å²) in [6.45, 7) is 3.86. The van der Waals surface area contributed by atoms with Crippen LogP contribution in [0, 0.1) is 0 Å². The molecule has 3 N–H and O–H groups in total. The highest BCUT2D eigenvalue weighted by atomic mass is 16.5. The average molecular weight is 717 g/mol. The molecule has 53 heavy (non-hydrogen) atoms. The van der Waals surface area contributed by atoms with Gasteiger partial charge in [-0.25, -0.2) is 4.79 Å². The molecule has 12 nitrogen and oxygen atoms in total. The van der Waals surface area contributed by atoms with Crippen LogP contribution in [0.15, 0.2) is 110 Å². The fraction of sp³-hybridized carbons (Fsp3) is 0.317. The van der Waals surface area contributed by atoms with Gasteiger partial charge in [-0.2, -0.15) is 0 Å². The van der Waals surface area contributed by atoms with Crippen molar-refractivity contribution >= 4 is 12.0 Å². The van der Waals surface area contributed by atoms with E-state index in [1.807, 2.05) is 84.9 Å². The van der Waals surface area contributed by atoms with E-state index in [4.69, 9.17) is 0 Å². The SMILES string of the molecule is COC(=O)NCCCCCC(=O)NCc1cc(CN(Cc2ccccn2)Cc2ccccn2)c(O)c(CN(Cc2ccccn2)Cc2ccccn2)c1. The fourth-order valence-corrected chi connectivity index (χ4v) is 6.01. The van der Waals surface area contributed by atoms with Crippen LogP contribution < -0.4 is 10.6 Å². The van der Waals surface area contributed by atoms with Gasteiger partial charge in [0.1, 0.15) is 5.75 Å². The molecule has 0 bridgehead atoms. The van der Waals surface area contributed by atoms with Gasteiger partial charge in [0.25, 0.3) is 0 Å². The molecule has 5 aromatic rings. The number of carbonyl (C=O) groups is 2. The molecule has 0 saturated carbocycles. The van der Waals surface area contributed by atoms with Crippen LogP contribution in [-0.4, -0.2) is 60.5 Å². The number of benzene rings is 1. The number of carbonyl (C=O) groups excluding carboxylic acids is 2. The summed E-state index contributed by atoms with van der Waals surface area (Å²) in [5.74, 6) is 0.153. The predicted molar refractivity (Wildman–Crippen MR) is 202 cm³/mol. The lowest BCUT2D eigenvalue weighted by atomic mass is 10.0. The Balaban J connectivity index is 1.38. The number of nitrogens with zero attached hydrogens (tertiary/aromatic N) is 6. The Morgan fingerprint density at radius 3 is 1.47 bits per heavy atom. The van der Waals surface area contributed by atoms with Crippen molar-refractivity contribution in [2.24, 2.45) is 0 Å². The summed E-state index contributed by atoms with van der Waals surface area (Å²) >= 11 is 0. The van der Waals surface area contributed by atoms with E-state index in [0.29, 0.717) is 65.2 Å². The quantitative estimate of drug-likeness (QED) is 0.0832. The van der Waals surface area contributed by atoms with Gasteiger partial charge in [-0.1, -0.05) is 30.7 Å². The van der Waals surface area contributed by atoms with Gasteiger partial charge in [0, 0.05) is 94.7 Å². The Morgan fingerprint density at radius 2 is 1.08 bits per heavy atom. The van der Waals surface area contributed by atoms with Crippen LogP contribution in [0.3, 0.4) is 0 Å². The molecule has 4 aromatic heterocycles. The third kappa shape index (κ3) is 13.4. The lowest BCUT2D eigenvalue weighted by Gasteiger charge is -2.26. The van der Waals surface area contributed by atoms with E-state index in [-0.39, 0.29) is 11.7 Å². The smallest absolute Gasteiger partial charge is 0.406 e. The van der Waals surface area contributed by atoms with Crippen molar-refractivity contribution in [2.45, 2.75) is 71.5 Å². The van der Waals surface area contributed by atoms with Crippen LogP contribution in [0.25, 0.3) is 0 Å². The van der Waals surface area contributed by atoms with Gasteiger partial charge in [-0.05, 0) is 79.1 Å². The van der Waals surface area contributed by atoms with Crippen LogP contribution in [-0.2, 0) is 55.3 Å². The third-order valence-corrected chi connectivity index (χ3v) is 8.59. The van der Waals surface area contributed by atoms with Gasteiger partial charge < -0.3 is 20.5 Å². The minimum atomic E-state index is -0.455. The largest absolute Gasteiger partial charge is 0.507 e. The summed E-state index contributed by atoms with van der Waals surface area (Å²) in [6, 6.07) is 27.4. The van der Waals surface area contributed by atoms with Crippen molar-refractivity contribution in [3.05, 3.63) is 149 Å². The van der Waals surface area contributed by atoms with Gasteiger partial charge >= 0.3 is 6.09 Å². The first-order chi connectivity index (χ1) is 25.9. The molecule has 0 fully saturated rings. The first-order valence-electron chi connectivity index (χ1n) is 17.9. The summed E-state index contributed by atoms with van der Waals surface area (Å²) in [6.07, 6.45) is 9.31. The Hall–Kier alpha value is -5.72. The number of ether oxygens (including phenoxy) is 1. The van der Waals surface area contributed by atoms with Crippen molar-refractivity contribution in [1.82, 2.24) is 40.4 Å². The van der Waals surface area contributed by atoms with E-state index in [1.54, 1.807) is 24.8 Å². The first kappa shape index (κ1) is 38.5. The topological polar surface area (TPSA) is 146 Å². The Kier molecular flexibility index (Phi) is 15.2. The number of rotatable bonds is 20. The van der Waals surface area contributed by atoms with Crippen molar-refractivity contribution < 1.29 is 19.4 Å². The molecule has 12 heteroatoms. The predicted octanol–water partition coefficient (Wildman–Crippen LogP) is 5.91. The lowest BCUT2D eigenvalue weighted by molar-refractivity contribution is -0.121. The zero-order chi connectivity index (χ0) is 37.1. The second kappa shape index (κ2) is 21.0. The number of phenols is 1. The van der Waals surface area contributed by atoms with Gasteiger partial charge in [-0.15, -0.1) is 0 Å². The molecule has 0 radical (unpaired) electrons. The number of aromatic hydroxyl groups is 1. The second-order valence-corrected chi connectivity index (χ2v) is 12.8. The van der Waals surface area contributed by atoms with E-state index in [0.717, 1.165) is 52.3 Å². The van der Waals surface area contributed by atoms with Crippen LogP contribution >= 0.6 is 0 Å². The minimum absolute atomic E-state index is 0.0547. The van der Waals surface area contributed by atoms with Crippen molar-refractivity contribution in [1.29, 1.82) is 0 Å². The molecular formula is C41H48N8O4. The van der Waals surface area contributed by atoms with Gasteiger partial charge in [0.2, 0.25) is 5.91 Å². The van der Waals surface area contributed by atoms with Crippen molar-refractivity contribution in [2.75, 3.05) is 13.7 Å². The summed E-state index contributed by atoms with van der Waals surface area (Å²) < 4.78 is 4.60. The van der Waals surface area contributed by atoms with E-state index < -0.39 is 6.09 Å². The molecule has 5 rings (SSSR count). The highest BCUT2D eigenvalue weighted by Crippen LogP contribution is 2.29. The van der Waals surface area contributed by atoms with Crippen LogP contribution in [0.1, 0.15) is 65.1 Å². The molecule has 0 aliphatic rings. The van der Waals surface area contributed by atoms with Gasteiger partial charge in [0.15, 0.2) is 0 Å². The number of unbranched alkanes of at least 4 members (excludes halogenated alkanes) is 2. The first-order valence-corrected chi connectivity index (χ1v) is 17.9. The molecular weight excluding hydrogens is 669 g/mol. The van der Waals surface area contributed by atoms with E-state index in [9.17, 15) is 14.7 Å². The summed E-state index contributed by atoms with van der Waals surface area (Å²) in [7, 11) is 1.33. The molecule has 4 heterocycles. The Morgan fingerprint density at radius 1 is 0.623 bits per heavy atom. The zero-order valence-electron chi connectivity index (χ0n) is 30.2. The number of aromatic nitrogens is 4. The van der Waals surface area contributed by atoms with E-state index >= 15 is 0 Å². The number of nitrogens with one attached hydrogen (secondary N) is 2. The standard InChI is InChI=1S/C41H48N8O4/c1-53-41(52)46-22-8-2-3-17-39(50)47-25-32-23-33(26-48(28-35-13-4-9-18-42-35)29-36-14-5-10-19-43-36)40(51)34(24-32)27-49(30-37-15-6-11-20-44-37)31-38-16-7-12-21-45-38/h4-7,9-16,18-21,23-24,51H,2-3,8,17,22,25-31H2,1H3,(H,46,52)(H,47,50). The molecule has 0 unspecified atom stereocenters. The fourth-order valence-electron chi connectivity index (χ4n) is 6.01. The molecule has 0 spiro atoms. The molecule has 2 amide bonds. The zero-order valence-corrected chi connectivity index (χ0v) is 30.2. The molecule has 0 aliphatic heterocycles. The number of phenolic OH excluding ortho intramolecular Hbond substituents is 1. The average Bonchev–Trinajstić information content (AvgIpc) is 3.18. The van der Waals surface area contributed by atoms with Crippen LogP contribution in [0.5, 0.6) is 5.75 Å². The maximum atomic E-state index is 12.9. The highest BCUT2D eigenvalue weighted by Gasteiger charge is 2.19. The number of methoxy groups -OCH3 is 1. The molecule has 0 atom stereocenters. The Bertz CT molecular complexity index is 1640. The molecule has 0 saturated heterocycles. The van der Waals surface area contributed by atoms with Crippen molar-refractivity contribution in [3.8, 4) is 5.75 Å². The maximum absolute atomic E-state index is 12.9. The number of amides is 2. The Labute approximate surface area is 311 Å². The number of alkyl carbamates (subject to hydrolysis) is 1. The number of hydrogen-bond acceptors (Lipinski definition) is 10. The van der Waals surface area contributed by atoms with Crippen LogP contribution in [0.4, 0.5) is 4.79 Å². The molecule has 1 aromatic carbocycles. The third-order valence-electron chi connectivity index (χ3n) is 8.59. The van der Waals surface area contributed by atoms with E-state index in [2.05, 4.69) is 45.1 Å². The molecule has 0 aliphatic carbocycles. The second-order valence-electron chi connectivity index (χ2n) is 12.8. The normalized spacial score (nSPS) is 11.1. The van der Waals surface area contributed by atoms with E-state index in [1.165, 1.54) is 7.11 Å². The summed E-state index contributed by atoms with van der Waals surface area (Å²) in [5, 5.41) is 17.7. The number of pyridine rings is 4. The number of hydrogen-bond donors (Lipinski definition) is 3. The van der Waals surface area contributed by atoms with Crippen LogP contribution in [0.2, 0.25) is 0 Å². The lowest BCUT2D eigenvalue weighted by Crippen LogP contribution is -2.26. The summed E-state index contributed by atoms with van der Waals surface area (Å²) in [5.41, 5.74) is 6.00. The van der Waals surface area contributed by atoms with Gasteiger partial charge in [-0.3, -0.25) is 34.5 Å². The monoisotopic (exact) mass is 716 g/mol. The minimum Gasteiger partial charge on any atom is -0.507 e.